The maximum absolute atomic E-state index is 11.4. The van der Waals surface area contributed by atoms with Gasteiger partial charge in [-0.15, -0.1) is 0 Å². The first-order valence-corrected chi connectivity index (χ1v) is 4.40. The van der Waals surface area contributed by atoms with Crippen molar-refractivity contribution in [3.63, 3.8) is 0 Å². The molecule has 0 saturated carbocycles. The zero-order chi connectivity index (χ0) is 10.1. The fourth-order valence-corrected chi connectivity index (χ4v) is 1.16. The molecule has 1 atom stereocenters. The van der Waals surface area contributed by atoms with Gasteiger partial charge in [-0.2, -0.15) is 0 Å². The summed E-state index contributed by atoms with van der Waals surface area (Å²) in [6.45, 7) is 5.67. The van der Waals surface area contributed by atoms with Crippen LogP contribution in [0.15, 0.2) is 0 Å². The normalized spacial score (nSPS) is 22.7. The van der Waals surface area contributed by atoms with E-state index in [0.29, 0.717) is 12.8 Å². The van der Waals surface area contributed by atoms with Crippen LogP contribution < -0.4 is 5.32 Å². The summed E-state index contributed by atoms with van der Waals surface area (Å²) in [5.41, 5.74) is -0.272. The molecule has 0 radical (unpaired) electrons. The topological polar surface area (TPSA) is 55.4 Å². The Bertz CT molecular complexity index is 230. The number of cyclic esters (lactones) is 1. The van der Waals surface area contributed by atoms with E-state index < -0.39 is 6.10 Å². The van der Waals surface area contributed by atoms with Crippen LogP contribution in [0.5, 0.6) is 0 Å². The number of ether oxygens (including phenoxy) is 1. The Morgan fingerprint density at radius 1 is 1.54 bits per heavy atom. The third-order valence-corrected chi connectivity index (χ3v) is 1.67. The van der Waals surface area contributed by atoms with Crippen molar-refractivity contribution in [3.05, 3.63) is 0 Å². The Morgan fingerprint density at radius 2 is 2.15 bits per heavy atom. The van der Waals surface area contributed by atoms with Gasteiger partial charge in [0.05, 0.1) is 0 Å². The molecule has 0 aromatic heterocycles. The molecule has 0 bridgehead atoms. The zero-order valence-electron chi connectivity index (χ0n) is 8.22. The minimum atomic E-state index is -0.577. The highest BCUT2D eigenvalue weighted by Gasteiger charge is 2.31. The summed E-state index contributed by atoms with van der Waals surface area (Å²) < 4.78 is 4.82. The van der Waals surface area contributed by atoms with Gasteiger partial charge in [-0.25, -0.2) is 0 Å². The fourth-order valence-electron chi connectivity index (χ4n) is 1.16. The van der Waals surface area contributed by atoms with Gasteiger partial charge in [-0.1, -0.05) is 0 Å². The maximum Gasteiger partial charge on any atom is 0.306 e. The lowest BCUT2D eigenvalue weighted by Gasteiger charge is -2.22. The Kier molecular flexibility index (Phi) is 2.59. The van der Waals surface area contributed by atoms with Crippen LogP contribution in [-0.4, -0.2) is 23.5 Å². The van der Waals surface area contributed by atoms with E-state index in [-0.39, 0.29) is 17.4 Å². The molecule has 74 valence electrons. The number of carbonyl (C=O) groups is 2. The van der Waals surface area contributed by atoms with Crippen LogP contribution in [0.4, 0.5) is 0 Å². The smallest absolute Gasteiger partial charge is 0.306 e. The molecular weight excluding hydrogens is 170 g/mol. The SMILES string of the molecule is CC(C)(C)NC(=O)[C@@H]1CCC(=O)O1. The van der Waals surface area contributed by atoms with Gasteiger partial charge in [-0.3, -0.25) is 9.59 Å². The van der Waals surface area contributed by atoms with E-state index in [9.17, 15) is 9.59 Å². The first kappa shape index (κ1) is 10.0. The Balaban J connectivity index is 2.45. The summed E-state index contributed by atoms with van der Waals surface area (Å²) in [6, 6.07) is 0. The van der Waals surface area contributed by atoms with E-state index in [1.807, 2.05) is 20.8 Å². The van der Waals surface area contributed by atoms with Crippen molar-refractivity contribution >= 4 is 11.9 Å². The molecule has 1 fully saturated rings. The van der Waals surface area contributed by atoms with Crippen LogP contribution in [0, 0.1) is 0 Å². The first-order valence-electron chi connectivity index (χ1n) is 4.40. The van der Waals surface area contributed by atoms with Gasteiger partial charge >= 0.3 is 5.97 Å². The molecule has 0 aromatic carbocycles. The molecule has 1 amide bonds. The van der Waals surface area contributed by atoms with Crippen molar-refractivity contribution in [2.75, 3.05) is 0 Å². The molecule has 1 saturated heterocycles. The molecule has 1 heterocycles. The minimum Gasteiger partial charge on any atom is -0.452 e. The van der Waals surface area contributed by atoms with E-state index in [1.54, 1.807) is 0 Å². The summed E-state index contributed by atoms with van der Waals surface area (Å²) in [5.74, 6) is -0.479. The summed E-state index contributed by atoms with van der Waals surface area (Å²) in [5, 5.41) is 2.77. The number of hydrogen-bond acceptors (Lipinski definition) is 3. The summed E-state index contributed by atoms with van der Waals surface area (Å²) in [4.78, 5) is 22.1. The molecule has 0 aliphatic carbocycles. The average Bonchev–Trinajstić information content (AvgIpc) is 2.31. The van der Waals surface area contributed by atoms with Crippen LogP contribution >= 0.6 is 0 Å². The van der Waals surface area contributed by atoms with Gasteiger partial charge in [0, 0.05) is 18.4 Å². The number of rotatable bonds is 1. The van der Waals surface area contributed by atoms with Crippen molar-refractivity contribution < 1.29 is 14.3 Å². The second-order valence-electron chi connectivity index (χ2n) is 4.26. The Morgan fingerprint density at radius 3 is 2.54 bits per heavy atom. The highest BCUT2D eigenvalue weighted by Crippen LogP contribution is 2.14. The van der Waals surface area contributed by atoms with Gasteiger partial charge in [0.1, 0.15) is 0 Å². The molecule has 0 unspecified atom stereocenters. The average molecular weight is 185 g/mol. The van der Waals surface area contributed by atoms with E-state index in [2.05, 4.69) is 5.32 Å². The highest BCUT2D eigenvalue weighted by molar-refractivity contribution is 5.86. The van der Waals surface area contributed by atoms with Crippen molar-refractivity contribution in [3.8, 4) is 0 Å². The quantitative estimate of drug-likeness (QED) is 0.609. The van der Waals surface area contributed by atoms with Crippen LogP contribution in [-0.2, 0) is 14.3 Å². The Hall–Kier alpha value is -1.06. The van der Waals surface area contributed by atoms with Crippen LogP contribution in [0.1, 0.15) is 33.6 Å². The minimum absolute atomic E-state index is 0.196. The van der Waals surface area contributed by atoms with Gasteiger partial charge < -0.3 is 10.1 Å². The lowest BCUT2D eigenvalue weighted by Crippen LogP contribution is -2.45. The predicted molar refractivity (Wildman–Crippen MR) is 47.0 cm³/mol. The molecule has 4 nitrogen and oxygen atoms in total. The van der Waals surface area contributed by atoms with Crippen molar-refractivity contribution in [1.82, 2.24) is 5.32 Å². The number of nitrogens with one attached hydrogen (secondary N) is 1. The second-order valence-corrected chi connectivity index (χ2v) is 4.26. The number of hydrogen-bond donors (Lipinski definition) is 1. The van der Waals surface area contributed by atoms with E-state index >= 15 is 0 Å². The van der Waals surface area contributed by atoms with Crippen molar-refractivity contribution in [2.24, 2.45) is 0 Å². The fraction of sp³-hybridized carbons (Fsp3) is 0.778. The van der Waals surface area contributed by atoms with Gasteiger partial charge in [0.15, 0.2) is 6.10 Å². The number of carbonyl (C=O) groups excluding carboxylic acids is 2. The monoisotopic (exact) mass is 185 g/mol. The molecule has 1 aliphatic rings. The molecule has 4 heteroatoms. The molecule has 1 aliphatic heterocycles. The summed E-state index contributed by atoms with van der Waals surface area (Å²) >= 11 is 0. The van der Waals surface area contributed by atoms with Gasteiger partial charge in [0.25, 0.3) is 5.91 Å². The van der Waals surface area contributed by atoms with Gasteiger partial charge in [0.2, 0.25) is 0 Å². The third-order valence-electron chi connectivity index (χ3n) is 1.67. The van der Waals surface area contributed by atoms with E-state index in [0.717, 1.165) is 0 Å². The molecule has 13 heavy (non-hydrogen) atoms. The lowest BCUT2D eigenvalue weighted by atomic mass is 10.1. The van der Waals surface area contributed by atoms with Crippen molar-refractivity contribution in [1.29, 1.82) is 0 Å². The van der Waals surface area contributed by atoms with Gasteiger partial charge in [-0.05, 0) is 20.8 Å². The molecule has 0 spiro atoms. The van der Waals surface area contributed by atoms with E-state index in [4.69, 9.17) is 4.74 Å². The van der Waals surface area contributed by atoms with Crippen LogP contribution in [0.25, 0.3) is 0 Å². The molecule has 1 N–H and O–H groups in total. The standard InChI is InChI=1S/C9H15NO3/c1-9(2,3)10-8(12)6-4-5-7(11)13-6/h6H,4-5H2,1-3H3,(H,10,12)/t6-/m0/s1. The number of esters is 1. The molecular formula is C9H15NO3. The molecule has 0 aromatic rings. The lowest BCUT2D eigenvalue weighted by molar-refractivity contribution is -0.148. The Labute approximate surface area is 77.6 Å². The second kappa shape index (κ2) is 3.36. The van der Waals surface area contributed by atoms with Crippen molar-refractivity contribution in [2.45, 2.75) is 45.3 Å². The highest BCUT2D eigenvalue weighted by atomic mass is 16.6. The largest absolute Gasteiger partial charge is 0.452 e. The van der Waals surface area contributed by atoms with Crippen LogP contribution in [0.2, 0.25) is 0 Å². The summed E-state index contributed by atoms with van der Waals surface area (Å²) in [7, 11) is 0. The number of amides is 1. The van der Waals surface area contributed by atoms with E-state index in [1.165, 1.54) is 0 Å². The van der Waals surface area contributed by atoms with Crippen LogP contribution in [0.3, 0.4) is 0 Å². The first-order chi connectivity index (χ1) is 5.88. The zero-order valence-corrected chi connectivity index (χ0v) is 8.22. The summed E-state index contributed by atoms with van der Waals surface area (Å²) in [6.07, 6.45) is 0.273. The third kappa shape index (κ3) is 3.05. The predicted octanol–water partition coefficient (Wildman–Crippen LogP) is 0.607. The maximum atomic E-state index is 11.4. The molecule has 1 rings (SSSR count).